The number of methoxy groups -OCH3 is 3. The predicted octanol–water partition coefficient (Wildman–Crippen LogP) is 2.62. The Kier molecular flexibility index (Phi) is 5.59. The molecule has 3 aromatic rings. The number of amides is 1. The molecule has 1 aromatic heterocycles. The molecule has 1 heterocycles. The Morgan fingerprint density at radius 1 is 1.07 bits per heavy atom. The molecule has 8 nitrogen and oxygen atoms in total. The highest BCUT2D eigenvalue weighted by molar-refractivity contribution is 6.02. The molecule has 144 valence electrons. The maximum Gasteiger partial charge on any atom is 0.213 e. The van der Waals surface area contributed by atoms with Gasteiger partial charge in [0.1, 0.15) is 0 Å². The minimum Gasteiger partial charge on any atom is -0.493 e. The van der Waals surface area contributed by atoms with Crippen molar-refractivity contribution in [2.24, 2.45) is 10.7 Å². The van der Waals surface area contributed by atoms with Gasteiger partial charge in [0.25, 0.3) is 0 Å². The molecular weight excluding hydrogens is 360 g/mol. The van der Waals surface area contributed by atoms with Gasteiger partial charge in [0.05, 0.1) is 43.6 Å². The molecule has 28 heavy (non-hydrogen) atoms. The minimum atomic E-state index is -0.0571. The van der Waals surface area contributed by atoms with Gasteiger partial charge < -0.3 is 19.9 Å². The molecule has 1 amide bonds. The zero-order chi connectivity index (χ0) is 20.1. The molecule has 0 aliphatic heterocycles. The number of carbonyl (C=O) groups is 1. The van der Waals surface area contributed by atoms with Gasteiger partial charge in [0.2, 0.25) is 12.2 Å². The average molecular weight is 380 g/mol. The van der Waals surface area contributed by atoms with Gasteiger partial charge in [-0.05, 0) is 6.07 Å². The number of fused-ring (bicyclic) bond motifs is 1. The highest BCUT2D eigenvalue weighted by atomic mass is 16.5. The number of aliphatic imine (C=N–C) groups is 1. The SMILES string of the molecule is COc1cc2nc(-c3ccccc3)cc(N=C(N)NC=O)c2c(OC)c1OC. The molecule has 3 N–H and O–H groups in total. The monoisotopic (exact) mass is 380 g/mol. The summed E-state index contributed by atoms with van der Waals surface area (Å²) in [6.45, 7) is 0. The maximum atomic E-state index is 10.7. The van der Waals surface area contributed by atoms with Crippen LogP contribution < -0.4 is 25.3 Å². The molecule has 0 bridgehead atoms. The molecule has 3 rings (SSSR count). The number of hydrogen-bond donors (Lipinski definition) is 2. The Hall–Kier alpha value is -3.81. The van der Waals surface area contributed by atoms with Gasteiger partial charge in [0, 0.05) is 11.6 Å². The lowest BCUT2D eigenvalue weighted by Crippen LogP contribution is -2.29. The summed E-state index contributed by atoms with van der Waals surface area (Å²) in [6, 6.07) is 13.1. The van der Waals surface area contributed by atoms with E-state index in [1.54, 1.807) is 12.1 Å². The minimum absolute atomic E-state index is 0.0571. The number of nitrogens with one attached hydrogen (secondary N) is 1. The fraction of sp³-hybridized carbons (Fsp3) is 0.150. The van der Waals surface area contributed by atoms with Crippen LogP contribution in [0.1, 0.15) is 0 Å². The molecule has 0 saturated carbocycles. The van der Waals surface area contributed by atoms with E-state index in [9.17, 15) is 4.79 Å². The van der Waals surface area contributed by atoms with Crippen molar-refractivity contribution < 1.29 is 19.0 Å². The molecule has 0 spiro atoms. The van der Waals surface area contributed by atoms with Crippen molar-refractivity contribution in [3.63, 3.8) is 0 Å². The summed E-state index contributed by atoms with van der Waals surface area (Å²) in [6.07, 6.45) is 0.459. The van der Waals surface area contributed by atoms with E-state index in [0.717, 1.165) is 5.56 Å². The van der Waals surface area contributed by atoms with Gasteiger partial charge in [-0.3, -0.25) is 10.1 Å². The van der Waals surface area contributed by atoms with Gasteiger partial charge >= 0.3 is 0 Å². The smallest absolute Gasteiger partial charge is 0.213 e. The number of benzene rings is 2. The normalized spacial score (nSPS) is 11.2. The van der Waals surface area contributed by atoms with Crippen LogP contribution in [0, 0.1) is 0 Å². The summed E-state index contributed by atoms with van der Waals surface area (Å²) >= 11 is 0. The van der Waals surface area contributed by atoms with Crippen LogP contribution in [0.5, 0.6) is 17.2 Å². The summed E-state index contributed by atoms with van der Waals surface area (Å²) in [5.41, 5.74) is 8.43. The van der Waals surface area contributed by atoms with Crippen molar-refractivity contribution in [1.29, 1.82) is 0 Å². The Bertz CT molecular complexity index is 1040. The largest absolute Gasteiger partial charge is 0.493 e. The molecular formula is C20H20N4O4. The van der Waals surface area contributed by atoms with E-state index in [1.807, 2.05) is 30.3 Å². The van der Waals surface area contributed by atoms with Crippen LogP contribution in [0.25, 0.3) is 22.2 Å². The van der Waals surface area contributed by atoms with Crippen molar-refractivity contribution in [1.82, 2.24) is 10.3 Å². The van der Waals surface area contributed by atoms with Crippen LogP contribution in [0.3, 0.4) is 0 Å². The number of pyridine rings is 1. The van der Waals surface area contributed by atoms with Gasteiger partial charge in [-0.2, -0.15) is 0 Å². The maximum absolute atomic E-state index is 10.7. The predicted molar refractivity (Wildman–Crippen MR) is 107 cm³/mol. The second kappa shape index (κ2) is 8.26. The van der Waals surface area contributed by atoms with Crippen LogP contribution in [-0.4, -0.2) is 38.7 Å². The van der Waals surface area contributed by atoms with Crippen molar-refractivity contribution in [3.05, 3.63) is 42.5 Å². The summed E-state index contributed by atoms with van der Waals surface area (Å²) in [7, 11) is 4.57. The summed E-state index contributed by atoms with van der Waals surface area (Å²) in [5.74, 6) is 1.23. The lowest BCUT2D eigenvalue weighted by Gasteiger charge is -2.16. The summed E-state index contributed by atoms with van der Waals surface area (Å²) < 4.78 is 16.5. The Balaban J connectivity index is 2.40. The van der Waals surface area contributed by atoms with Crippen molar-refractivity contribution in [2.45, 2.75) is 0 Å². The van der Waals surface area contributed by atoms with E-state index in [2.05, 4.69) is 10.3 Å². The lowest BCUT2D eigenvalue weighted by atomic mass is 10.1. The standard InChI is InChI=1S/C20H20N4O4/c1-26-16-10-15-17(19(28-3)18(16)27-2)14(24-20(21)22-11-25)9-13(23-15)12-7-5-4-6-8-12/h4-11H,1-3H3,(H3,21,22,23,24,25). The first-order chi connectivity index (χ1) is 13.6. The third-order valence-electron chi connectivity index (χ3n) is 4.10. The summed E-state index contributed by atoms with van der Waals surface area (Å²) in [4.78, 5) is 19.8. The Labute approximate surface area is 162 Å². The van der Waals surface area contributed by atoms with Crippen LogP contribution in [0.4, 0.5) is 5.69 Å². The second-order valence-corrected chi connectivity index (χ2v) is 5.69. The molecule has 8 heteroatoms. The van der Waals surface area contributed by atoms with Crippen molar-refractivity contribution >= 4 is 29.0 Å². The number of guanidine groups is 1. The molecule has 0 aliphatic carbocycles. The zero-order valence-corrected chi connectivity index (χ0v) is 15.7. The van der Waals surface area contributed by atoms with Crippen LogP contribution >= 0.6 is 0 Å². The van der Waals surface area contributed by atoms with Crippen LogP contribution in [0.2, 0.25) is 0 Å². The Morgan fingerprint density at radius 2 is 1.79 bits per heavy atom. The first kappa shape index (κ1) is 19.0. The lowest BCUT2D eigenvalue weighted by molar-refractivity contribution is -0.108. The number of nitrogens with two attached hydrogens (primary N) is 1. The number of aromatic nitrogens is 1. The second-order valence-electron chi connectivity index (χ2n) is 5.69. The highest BCUT2D eigenvalue weighted by Crippen LogP contribution is 2.47. The number of hydrogen-bond acceptors (Lipinski definition) is 6. The fourth-order valence-corrected chi connectivity index (χ4v) is 2.91. The van der Waals surface area contributed by atoms with Gasteiger partial charge in [0.15, 0.2) is 17.5 Å². The fourth-order valence-electron chi connectivity index (χ4n) is 2.91. The molecule has 0 saturated heterocycles. The Morgan fingerprint density at radius 3 is 2.39 bits per heavy atom. The van der Waals surface area contributed by atoms with E-state index >= 15 is 0 Å². The topological polar surface area (TPSA) is 108 Å². The zero-order valence-electron chi connectivity index (χ0n) is 15.7. The molecule has 0 fully saturated rings. The van der Waals surface area contributed by atoms with Crippen molar-refractivity contribution in [2.75, 3.05) is 21.3 Å². The molecule has 0 radical (unpaired) electrons. The quantitative estimate of drug-likeness (QED) is 0.387. The summed E-state index contributed by atoms with van der Waals surface area (Å²) in [5, 5.41) is 2.92. The van der Waals surface area contributed by atoms with E-state index in [-0.39, 0.29) is 5.96 Å². The van der Waals surface area contributed by atoms with Crippen LogP contribution in [-0.2, 0) is 4.79 Å². The van der Waals surface area contributed by atoms with E-state index in [4.69, 9.17) is 24.9 Å². The van der Waals surface area contributed by atoms with E-state index < -0.39 is 0 Å². The third kappa shape index (κ3) is 3.52. The number of carbonyl (C=O) groups excluding carboxylic acids is 1. The van der Waals surface area contributed by atoms with Crippen LogP contribution in [0.15, 0.2) is 47.5 Å². The number of rotatable bonds is 6. The van der Waals surface area contributed by atoms with E-state index in [0.29, 0.717) is 45.9 Å². The number of nitrogens with zero attached hydrogens (tertiary/aromatic N) is 2. The molecule has 0 aliphatic rings. The molecule has 0 unspecified atom stereocenters. The highest BCUT2D eigenvalue weighted by Gasteiger charge is 2.21. The number of ether oxygens (including phenoxy) is 3. The molecule has 0 atom stereocenters. The first-order valence-corrected chi connectivity index (χ1v) is 8.36. The average Bonchev–Trinajstić information content (AvgIpc) is 2.72. The van der Waals surface area contributed by atoms with Gasteiger partial charge in [-0.15, -0.1) is 0 Å². The molecule has 2 aromatic carbocycles. The van der Waals surface area contributed by atoms with E-state index in [1.165, 1.54) is 21.3 Å². The first-order valence-electron chi connectivity index (χ1n) is 8.36. The third-order valence-corrected chi connectivity index (χ3v) is 4.10. The van der Waals surface area contributed by atoms with Crippen molar-refractivity contribution in [3.8, 4) is 28.5 Å². The van der Waals surface area contributed by atoms with Gasteiger partial charge in [-0.1, -0.05) is 30.3 Å². The van der Waals surface area contributed by atoms with Gasteiger partial charge in [-0.25, -0.2) is 9.98 Å².